The molecule has 19 heavy (non-hydrogen) atoms. The van der Waals surface area contributed by atoms with Crippen molar-refractivity contribution in [2.24, 2.45) is 0 Å². The Kier molecular flexibility index (Phi) is 5.50. The number of anilines is 1. The SMILES string of the molecule is CCCNc1cnc(CN2CCOCC2CO)cn1. The number of aliphatic hydroxyl groups is 1. The predicted molar refractivity (Wildman–Crippen MR) is 72.9 cm³/mol. The van der Waals surface area contributed by atoms with Crippen LogP contribution in [0.25, 0.3) is 0 Å². The monoisotopic (exact) mass is 266 g/mol. The minimum Gasteiger partial charge on any atom is -0.395 e. The van der Waals surface area contributed by atoms with Gasteiger partial charge in [0.25, 0.3) is 0 Å². The number of aliphatic hydroxyl groups excluding tert-OH is 1. The van der Waals surface area contributed by atoms with Gasteiger partial charge in [-0.2, -0.15) is 0 Å². The third kappa shape index (κ3) is 4.12. The van der Waals surface area contributed by atoms with E-state index < -0.39 is 0 Å². The highest BCUT2D eigenvalue weighted by Crippen LogP contribution is 2.11. The van der Waals surface area contributed by atoms with Gasteiger partial charge in [-0.25, -0.2) is 4.98 Å². The van der Waals surface area contributed by atoms with E-state index in [0.717, 1.165) is 31.0 Å². The van der Waals surface area contributed by atoms with Gasteiger partial charge in [0.15, 0.2) is 0 Å². The topological polar surface area (TPSA) is 70.5 Å². The van der Waals surface area contributed by atoms with Crippen molar-refractivity contribution in [1.82, 2.24) is 14.9 Å². The van der Waals surface area contributed by atoms with Gasteiger partial charge in [0.1, 0.15) is 5.82 Å². The summed E-state index contributed by atoms with van der Waals surface area (Å²) in [5, 5.41) is 12.5. The molecular weight excluding hydrogens is 244 g/mol. The van der Waals surface area contributed by atoms with Crippen molar-refractivity contribution in [3.8, 4) is 0 Å². The van der Waals surface area contributed by atoms with Crippen molar-refractivity contribution in [3.05, 3.63) is 18.1 Å². The van der Waals surface area contributed by atoms with Crippen molar-refractivity contribution in [3.63, 3.8) is 0 Å². The van der Waals surface area contributed by atoms with Crippen molar-refractivity contribution >= 4 is 5.82 Å². The van der Waals surface area contributed by atoms with Gasteiger partial charge in [-0.05, 0) is 6.42 Å². The van der Waals surface area contributed by atoms with E-state index in [1.54, 1.807) is 12.4 Å². The largest absolute Gasteiger partial charge is 0.395 e. The third-order valence-corrected chi connectivity index (χ3v) is 3.19. The molecule has 0 saturated carbocycles. The van der Waals surface area contributed by atoms with Crippen LogP contribution in [0.3, 0.4) is 0 Å². The highest BCUT2D eigenvalue weighted by atomic mass is 16.5. The van der Waals surface area contributed by atoms with E-state index in [2.05, 4.69) is 27.1 Å². The van der Waals surface area contributed by atoms with Crippen LogP contribution in [0.1, 0.15) is 19.0 Å². The Morgan fingerprint density at radius 3 is 3.05 bits per heavy atom. The zero-order valence-electron chi connectivity index (χ0n) is 11.4. The maximum Gasteiger partial charge on any atom is 0.144 e. The van der Waals surface area contributed by atoms with Gasteiger partial charge in [0.05, 0.1) is 44.0 Å². The molecule has 0 spiro atoms. The summed E-state index contributed by atoms with van der Waals surface area (Å²) < 4.78 is 5.36. The van der Waals surface area contributed by atoms with Crippen molar-refractivity contribution in [1.29, 1.82) is 0 Å². The first-order chi connectivity index (χ1) is 9.33. The van der Waals surface area contributed by atoms with Crippen LogP contribution in [-0.4, -0.2) is 58.9 Å². The number of hydrogen-bond donors (Lipinski definition) is 2. The van der Waals surface area contributed by atoms with E-state index >= 15 is 0 Å². The minimum absolute atomic E-state index is 0.0634. The molecule has 1 aliphatic heterocycles. The number of nitrogens with zero attached hydrogens (tertiary/aromatic N) is 3. The molecule has 2 N–H and O–H groups in total. The lowest BCUT2D eigenvalue weighted by Crippen LogP contribution is -2.46. The zero-order chi connectivity index (χ0) is 13.5. The van der Waals surface area contributed by atoms with E-state index in [4.69, 9.17) is 4.74 Å². The van der Waals surface area contributed by atoms with Gasteiger partial charge in [-0.1, -0.05) is 6.92 Å². The first kappa shape index (κ1) is 14.2. The Balaban J connectivity index is 1.90. The number of aromatic nitrogens is 2. The molecule has 1 saturated heterocycles. The highest BCUT2D eigenvalue weighted by molar-refractivity contribution is 5.30. The second-order valence-electron chi connectivity index (χ2n) is 4.70. The number of nitrogens with one attached hydrogen (secondary N) is 1. The molecule has 106 valence electrons. The van der Waals surface area contributed by atoms with E-state index in [9.17, 15) is 5.11 Å². The molecule has 1 aromatic heterocycles. The maximum atomic E-state index is 9.31. The molecule has 1 atom stereocenters. The first-order valence-electron chi connectivity index (χ1n) is 6.81. The van der Waals surface area contributed by atoms with Gasteiger partial charge in [0, 0.05) is 19.6 Å². The van der Waals surface area contributed by atoms with E-state index in [1.807, 2.05) is 0 Å². The molecule has 1 aliphatic rings. The van der Waals surface area contributed by atoms with Gasteiger partial charge in [-0.15, -0.1) is 0 Å². The molecule has 2 rings (SSSR count). The summed E-state index contributed by atoms with van der Waals surface area (Å²) in [5.74, 6) is 0.811. The van der Waals surface area contributed by atoms with Gasteiger partial charge < -0.3 is 15.2 Å². The van der Waals surface area contributed by atoms with Gasteiger partial charge in [-0.3, -0.25) is 9.88 Å². The Morgan fingerprint density at radius 1 is 1.47 bits per heavy atom. The Bertz CT molecular complexity index is 371. The Hall–Kier alpha value is -1.24. The van der Waals surface area contributed by atoms with E-state index in [1.165, 1.54) is 0 Å². The van der Waals surface area contributed by atoms with Gasteiger partial charge >= 0.3 is 0 Å². The fourth-order valence-corrected chi connectivity index (χ4v) is 2.05. The lowest BCUT2D eigenvalue weighted by molar-refractivity contribution is -0.0317. The summed E-state index contributed by atoms with van der Waals surface area (Å²) in [6.45, 7) is 5.95. The molecule has 0 bridgehead atoms. The maximum absolute atomic E-state index is 9.31. The van der Waals surface area contributed by atoms with Crippen LogP contribution < -0.4 is 5.32 Å². The highest BCUT2D eigenvalue weighted by Gasteiger charge is 2.22. The summed E-state index contributed by atoms with van der Waals surface area (Å²) in [7, 11) is 0. The molecule has 1 aromatic rings. The summed E-state index contributed by atoms with van der Waals surface area (Å²) >= 11 is 0. The second kappa shape index (κ2) is 7.37. The van der Waals surface area contributed by atoms with Crippen LogP contribution in [0.2, 0.25) is 0 Å². The lowest BCUT2D eigenvalue weighted by Gasteiger charge is -2.33. The van der Waals surface area contributed by atoms with E-state index in [-0.39, 0.29) is 12.6 Å². The van der Waals surface area contributed by atoms with Crippen LogP contribution in [0, 0.1) is 0 Å². The Labute approximate surface area is 113 Å². The van der Waals surface area contributed by atoms with Crippen molar-refractivity contribution in [2.75, 3.05) is 38.2 Å². The smallest absolute Gasteiger partial charge is 0.144 e. The average molecular weight is 266 g/mol. The second-order valence-corrected chi connectivity index (χ2v) is 4.70. The molecule has 0 aromatic carbocycles. The molecular formula is C13H22N4O2. The fraction of sp³-hybridized carbons (Fsp3) is 0.692. The summed E-state index contributed by atoms with van der Waals surface area (Å²) in [4.78, 5) is 10.9. The summed E-state index contributed by atoms with van der Waals surface area (Å²) in [6.07, 6.45) is 4.62. The number of hydrogen-bond acceptors (Lipinski definition) is 6. The quantitative estimate of drug-likeness (QED) is 0.781. The van der Waals surface area contributed by atoms with Crippen LogP contribution in [0.5, 0.6) is 0 Å². The molecule has 0 radical (unpaired) electrons. The standard InChI is InChI=1S/C13H22N4O2/c1-2-3-14-13-7-15-11(6-16-13)8-17-4-5-19-10-12(17)9-18/h6-7,12,18H,2-5,8-10H2,1H3,(H,14,16). The molecule has 1 fully saturated rings. The summed E-state index contributed by atoms with van der Waals surface area (Å²) in [5.41, 5.74) is 0.919. The molecule has 0 aliphatic carbocycles. The normalized spacial score (nSPS) is 20.4. The zero-order valence-corrected chi connectivity index (χ0v) is 11.4. The fourth-order valence-electron chi connectivity index (χ4n) is 2.05. The minimum atomic E-state index is 0.0634. The number of morpholine rings is 1. The van der Waals surface area contributed by atoms with Crippen LogP contribution in [-0.2, 0) is 11.3 Å². The predicted octanol–water partition coefficient (Wildman–Crippen LogP) is 0.492. The van der Waals surface area contributed by atoms with Crippen LogP contribution in [0.15, 0.2) is 12.4 Å². The van der Waals surface area contributed by atoms with Gasteiger partial charge in [0.2, 0.25) is 0 Å². The average Bonchev–Trinajstić information content (AvgIpc) is 2.47. The molecule has 1 unspecified atom stereocenters. The number of ether oxygens (including phenoxy) is 1. The van der Waals surface area contributed by atoms with E-state index in [0.29, 0.717) is 19.8 Å². The molecule has 6 heteroatoms. The molecule has 2 heterocycles. The molecule has 6 nitrogen and oxygen atoms in total. The van der Waals surface area contributed by atoms with Crippen molar-refractivity contribution < 1.29 is 9.84 Å². The van der Waals surface area contributed by atoms with Crippen LogP contribution in [0.4, 0.5) is 5.82 Å². The first-order valence-corrected chi connectivity index (χ1v) is 6.81. The third-order valence-electron chi connectivity index (χ3n) is 3.19. The van der Waals surface area contributed by atoms with Crippen molar-refractivity contribution in [2.45, 2.75) is 25.9 Å². The van der Waals surface area contributed by atoms with Crippen LogP contribution >= 0.6 is 0 Å². The summed E-state index contributed by atoms with van der Waals surface area (Å²) in [6, 6.07) is 0.0634. The Morgan fingerprint density at radius 2 is 2.37 bits per heavy atom. The molecule has 0 amide bonds. The lowest BCUT2D eigenvalue weighted by atomic mass is 10.2. The number of rotatable bonds is 6.